The summed E-state index contributed by atoms with van der Waals surface area (Å²) in [6.45, 7) is 3.74. The fraction of sp³-hybridized carbons (Fsp3) is 0.176. The lowest BCUT2D eigenvalue weighted by atomic mass is 10.2. The number of ether oxygens (including phenoxy) is 1. The molecule has 1 aromatic carbocycles. The number of hydrogen-bond acceptors (Lipinski definition) is 5. The van der Waals surface area contributed by atoms with E-state index in [2.05, 4.69) is 20.1 Å². The van der Waals surface area contributed by atoms with Gasteiger partial charge in [-0.2, -0.15) is 5.10 Å². The molecule has 1 amide bonds. The number of anilines is 1. The molecule has 2 aromatic heterocycles. The van der Waals surface area contributed by atoms with Gasteiger partial charge in [-0.25, -0.2) is 14.3 Å². The van der Waals surface area contributed by atoms with Crippen molar-refractivity contribution >= 4 is 23.2 Å². The lowest BCUT2D eigenvalue weighted by molar-refractivity contribution is 0.0600. The van der Waals surface area contributed by atoms with Crippen LogP contribution in [0, 0.1) is 13.8 Å². The number of methoxy groups -OCH3 is 1. The Kier molecular flexibility index (Phi) is 3.99. The number of benzene rings is 1. The second-order valence-corrected chi connectivity index (χ2v) is 5.36. The van der Waals surface area contributed by atoms with E-state index in [1.54, 1.807) is 34.8 Å². The molecule has 0 aliphatic carbocycles. The van der Waals surface area contributed by atoms with E-state index in [1.807, 2.05) is 19.9 Å². The number of rotatable bonds is 3. The van der Waals surface area contributed by atoms with Crippen molar-refractivity contribution < 1.29 is 14.3 Å². The molecule has 0 saturated carbocycles. The normalized spacial score (nSPS) is 10.6. The molecule has 0 aliphatic rings. The zero-order chi connectivity index (χ0) is 17.3. The van der Waals surface area contributed by atoms with Gasteiger partial charge in [-0.15, -0.1) is 0 Å². The van der Waals surface area contributed by atoms with Crippen LogP contribution in [-0.2, 0) is 4.74 Å². The second-order valence-electron chi connectivity index (χ2n) is 5.36. The van der Waals surface area contributed by atoms with Crippen molar-refractivity contribution in [2.45, 2.75) is 13.8 Å². The minimum atomic E-state index is -0.424. The molecule has 24 heavy (non-hydrogen) atoms. The van der Waals surface area contributed by atoms with Crippen molar-refractivity contribution in [3.8, 4) is 0 Å². The summed E-state index contributed by atoms with van der Waals surface area (Å²) in [4.78, 5) is 28.1. The van der Waals surface area contributed by atoms with Crippen molar-refractivity contribution in [2.75, 3.05) is 12.4 Å². The molecule has 0 fully saturated rings. The number of carbonyl (C=O) groups is 2. The van der Waals surface area contributed by atoms with E-state index in [0.717, 1.165) is 11.4 Å². The van der Waals surface area contributed by atoms with Crippen molar-refractivity contribution in [1.82, 2.24) is 14.6 Å². The highest BCUT2D eigenvalue weighted by atomic mass is 16.5. The summed E-state index contributed by atoms with van der Waals surface area (Å²) in [6, 6.07) is 9.94. The number of hydrogen-bond donors (Lipinski definition) is 1. The van der Waals surface area contributed by atoms with E-state index < -0.39 is 5.97 Å². The molecular weight excluding hydrogens is 308 g/mol. The first-order valence-corrected chi connectivity index (χ1v) is 7.31. The third kappa shape index (κ3) is 2.96. The Morgan fingerprint density at radius 1 is 1.12 bits per heavy atom. The zero-order valence-corrected chi connectivity index (χ0v) is 13.5. The van der Waals surface area contributed by atoms with E-state index in [0.29, 0.717) is 22.6 Å². The number of carbonyl (C=O) groups excluding carboxylic acids is 2. The summed E-state index contributed by atoms with van der Waals surface area (Å²) in [5, 5.41) is 7.07. The van der Waals surface area contributed by atoms with Gasteiger partial charge in [-0.1, -0.05) is 0 Å². The van der Waals surface area contributed by atoms with Crippen molar-refractivity contribution in [1.29, 1.82) is 0 Å². The van der Waals surface area contributed by atoms with Crippen LogP contribution in [0.25, 0.3) is 5.65 Å². The number of amides is 1. The van der Waals surface area contributed by atoms with Crippen LogP contribution in [0.1, 0.15) is 32.2 Å². The van der Waals surface area contributed by atoms with Crippen molar-refractivity contribution in [2.24, 2.45) is 0 Å². The smallest absolute Gasteiger partial charge is 0.337 e. The number of esters is 1. The van der Waals surface area contributed by atoms with Crippen LogP contribution in [0.2, 0.25) is 0 Å². The highest BCUT2D eigenvalue weighted by Crippen LogP contribution is 2.13. The fourth-order valence-electron chi connectivity index (χ4n) is 2.36. The molecule has 2 heterocycles. The predicted molar refractivity (Wildman–Crippen MR) is 88.2 cm³/mol. The molecule has 0 aliphatic heterocycles. The van der Waals surface area contributed by atoms with E-state index in [9.17, 15) is 9.59 Å². The fourth-order valence-corrected chi connectivity index (χ4v) is 2.36. The van der Waals surface area contributed by atoms with Crippen molar-refractivity contribution in [3.63, 3.8) is 0 Å². The Labute approximate surface area is 138 Å². The first-order chi connectivity index (χ1) is 11.5. The van der Waals surface area contributed by atoms with E-state index >= 15 is 0 Å². The molecule has 0 bridgehead atoms. The van der Waals surface area contributed by atoms with Gasteiger partial charge in [0, 0.05) is 17.4 Å². The number of aromatic nitrogens is 3. The van der Waals surface area contributed by atoms with Crippen LogP contribution in [0.4, 0.5) is 5.69 Å². The number of nitrogens with one attached hydrogen (secondary N) is 1. The molecule has 3 rings (SSSR count). The minimum Gasteiger partial charge on any atom is -0.465 e. The summed E-state index contributed by atoms with van der Waals surface area (Å²) < 4.78 is 6.33. The largest absolute Gasteiger partial charge is 0.465 e. The highest BCUT2D eigenvalue weighted by molar-refractivity contribution is 6.03. The van der Waals surface area contributed by atoms with Crippen LogP contribution in [0.15, 0.2) is 36.4 Å². The van der Waals surface area contributed by atoms with Gasteiger partial charge in [0.05, 0.1) is 18.4 Å². The molecule has 122 valence electrons. The second kappa shape index (κ2) is 6.11. The maximum absolute atomic E-state index is 12.4. The zero-order valence-electron chi connectivity index (χ0n) is 13.5. The summed E-state index contributed by atoms with van der Waals surface area (Å²) in [5.41, 5.74) is 3.56. The van der Waals surface area contributed by atoms with Gasteiger partial charge >= 0.3 is 5.97 Å². The van der Waals surface area contributed by atoms with Gasteiger partial charge in [-0.05, 0) is 44.2 Å². The van der Waals surface area contributed by atoms with Gasteiger partial charge < -0.3 is 10.1 Å². The molecule has 3 aromatic rings. The average molecular weight is 324 g/mol. The molecular formula is C17H16N4O3. The minimum absolute atomic E-state index is 0.303. The summed E-state index contributed by atoms with van der Waals surface area (Å²) in [5.74, 6) is -0.753. The summed E-state index contributed by atoms with van der Waals surface area (Å²) in [6.07, 6.45) is 0. The molecule has 0 radical (unpaired) electrons. The summed E-state index contributed by atoms with van der Waals surface area (Å²) in [7, 11) is 1.32. The van der Waals surface area contributed by atoms with E-state index in [1.165, 1.54) is 7.11 Å². The van der Waals surface area contributed by atoms with Gasteiger partial charge in [0.25, 0.3) is 5.91 Å². The van der Waals surface area contributed by atoms with Gasteiger partial charge in [0.2, 0.25) is 0 Å². The average Bonchev–Trinajstić information content (AvgIpc) is 2.95. The number of nitrogens with zero attached hydrogens (tertiary/aromatic N) is 3. The topological polar surface area (TPSA) is 85.6 Å². The monoisotopic (exact) mass is 324 g/mol. The third-order valence-electron chi connectivity index (χ3n) is 3.52. The van der Waals surface area contributed by atoms with E-state index in [-0.39, 0.29) is 5.91 Å². The standard InChI is InChI=1S/C17H16N4O3/c1-10-8-15-19-14(9-11(2)21(15)20-10)16(22)18-13-6-4-12(5-7-13)17(23)24-3/h4-9H,1-3H3,(H,18,22). The number of fused-ring (bicyclic) bond motifs is 1. The van der Waals surface area contributed by atoms with Crippen LogP contribution < -0.4 is 5.32 Å². The Hall–Kier alpha value is -3.22. The van der Waals surface area contributed by atoms with Crippen molar-refractivity contribution in [3.05, 3.63) is 59.0 Å². The third-order valence-corrected chi connectivity index (χ3v) is 3.52. The van der Waals surface area contributed by atoms with Gasteiger partial charge in [0.15, 0.2) is 5.65 Å². The maximum atomic E-state index is 12.4. The SMILES string of the molecule is COC(=O)c1ccc(NC(=O)c2cc(C)n3nc(C)cc3n2)cc1. The quantitative estimate of drug-likeness (QED) is 0.748. The molecule has 0 atom stereocenters. The molecule has 7 heteroatoms. The molecule has 0 saturated heterocycles. The summed E-state index contributed by atoms with van der Waals surface area (Å²) >= 11 is 0. The lowest BCUT2D eigenvalue weighted by Gasteiger charge is -2.07. The van der Waals surface area contributed by atoms with E-state index in [4.69, 9.17) is 0 Å². The van der Waals surface area contributed by atoms with Crippen LogP contribution in [0.5, 0.6) is 0 Å². The number of aryl methyl sites for hydroxylation is 2. The first-order valence-electron chi connectivity index (χ1n) is 7.31. The molecule has 7 nitrogen and oxygen atoms in total. The molecule has 0 spiro atoms. The molecule has 0 unspecified atom stereocenters. The molecule has 1 N–H and O–H groups in total. The van der Waals surface area contributed by atoms with Crippen LogP contribution in [0.3, 0.4) is 0 Å². The Morgan fingerprint density at radius 3 is 2.50 bits per heavy atom. The maximum Gasteiger partial charge on any atom is 0.337 e. The Bertz CT molecular complexity index is 929. The Balaban J connectivity index is 1.83. The van der Waals surface area contributed by atoms with Gasteiger partial charge in [0.1, 0.15) is 5.69 Å². The first kappa shape index (κ1) is 15.7. The van der Waals surface area contributed by atoms with Crippen LogP contribution >= 0.6 is 0 Å². The Morgan fingerprint density at radius 2 is 1.83 bits per heavy atom. The van der Waals surface area contributed by atoms with Crippen LogP contribution in [-0.4, -0.2) is 33.6 Å². The van der Waals surface area contributed by atoms with Gasteiger partial charge in [-0.3, -0.25) is 4.79 Å². The predicted octanol–water partition coefficient (Wildman–Crippen LogP) is 2.39. The highest BCUT2D eigenvalue weighted by Gasteiger charge is 2.12. The lowest BCUT2D eigenvalue weighted by Crippen LogP contribution is -2.15.